The van der Waals surface area contributed by atoms with Gasteiger partial charge in [-0.05, 0) is 48.9 Å². The molecule has 25 heavy (non-hydrogen) atoms. The number of aliphatic hydroxyl groups excluding tert-OH is 1. The van der Waals surface area contributed by atoms with Crippen LogP contribution in [0.2, 0.25) is 0 Å². The summed E-state index contributed by atoms with van der Waals surface area (Å²) in [5, 5.41) is 14.8. The lowest BCUT2D eigenvalue weighted by Gasteiger charge is -2.08. The standard InChI is InChI=1S/C18H16F4N2O/c1-2-3-16(25)17-14-10-11(18(20,21)22)4-9-15(14)24(23-17)13-7-5-12(19)6-8-13/h4-10,16,25H,2-3H2,1H3. The molecule has 1 aromatic heterocycles. The average molecular weight is 352 g/mol. The molecule has 7 heteroatoms. The van der Waals surface area contributed by atoms with E-state index in [-0.39, 0.29) is 11.1 Å². The van der Waals surface area contributed by atoms with E-state index in [1.165, 1.54) is 35.0 Å². The summed E-state index contributed by atoms with van der Waals surface area (Å²) >= 11 is 0. The van der Waals surface area contributed by atoms with Crippen molar-refractivity contribution in [3.8, 4) is 5.69 Å². The number of nitrogens with zero attached hydrogens (tertiary/aromatic N) is 2. The molecule has 1 N–H and O–H groups in total. The first-order chi connectivity index (χ1) is 11.8. The summed E-state index contributed by atoms with van der Waals surface area (Å²) < 4.78 is 53.7. The van der Waals surface area contributed by atoms with Gasteiger partial charge in [0.1, 0.15) is 5.82 Å². The van der Waals surface area contributed by atoms with Gasteiger partial charge in [0.05, 0.1) is 28.6 Å². The number of hydrogen-bond donors (Lipinski definition) is 1. The minimum atomic E-state index is -4.49. The van der Waals surface area contributed by atoms with E-state index in [0.717, 1.165) is 12.1 Å². The third-order valence-electron chi connectivity index (χ3n) is 3.98. The molecule has 1 atom stereocenters. The summed E-state index contributed by atoms with van der Waals surface area (Å²) in [5.41, 5.74) is 0.307. The molecule has 0 aliphatic rings. The molecule has 2 aromatic carbocycles. The van der Waals surface area contributed by atoms with Crippen molar-refractivity contribution in [2.75, 3.05) is 0 Å². The van der Waals surface area contributed by atoms with Crippen molar-refractivity contribution in [1.29, 1.82) is 0 Å². The fourth-order valence-electron chi connectivity index (χ4n) is 2.75. The van der Waals surface area contributed by atoms with Gasteiger partial charge in [-0.15, -0.1) is 0 Å². The highest BCUT2D eigenvalue weighted by atomic mass is 19.4. The van der Waals surface area contributed by atoms with Gasteiger partial charge in [-0.1, -0.05) is 13.3 Å². The summed E-state index contributed by atoms with van der Waals surface area (Å²) in [4.78, 5) is 0. The van der Waals surface area contributed by atoms with Crippen LogP contribution in [0.5, 0.6) is 0 Å². The van der Waals surface area contributed by atoms with Crippen molar-refractivity contribution in [2.45, 2.75) is 32.0 Å². The van der Waals surface area contributed by atoms with E-state index in [2.05, 4.69) is 5.10 Å². The Labute approximate surface area is 141 Å². The third-order valence-corrected chi connectivity index (χ3v) is 3.98. The highest BCUT2D eigenvalue weighted by Crippen LogP contribution is 2.35. The number of fused-ring (bicyclic) bond motifs is 1. The molecule has 0 fully saturated rings. The van der Waals surface area contributed by atoms with Crippen LogP contribution in [0, 0.1) is 5.82 Å². The maximum atomic E-state index is 13.1. The van der Waals surface area contributed by atoms with Gasteiger partial charge in [-0.2, -0.15) is 18.3 Å². The van der Waals surface area contributed by atoms with Crippen LogP contribution < -0.4 is 0 Å². The Kier molecular flexibility index (Phi) is 4.51. The molecule has 0 spiro atoms. The van der Waals surface area contributed by atoms with E-state index in [4.69, 9.17) is 0 Å². The van der Waals surface area contributed by atoms with Crippen LogP contribution in [-0.2, 0) is 6.18 Å². The molecule has 0 amide bonds. The summed E-state index contributed by atoms with van der Waals surface area (Å²) in [6.07, 6.45) is -4.42. The Balaban J connectivity index is 2.23. The average Bonchev–Trinajstić information content (AvgIpc) is 2.94. The summed E-state index contributed by atoms with van der Waals surface area (Å²) in [5.74, 6) is -0.425. The zero-order valence-electron chi connectivity index (χ0n) is 13.4. The van der Waals surface area contributed by atoms with E-state index < -0.39 is 23.7 Å². The molecular formula is C18H16F4N2O. The monoisotopic (exact) mass is 352 g/mol. The maximum absolute atomic E-state index is 13.1. The highest BCUT2D eigenvalue weighted by Gasteiger charge is 2.31. The minimum absolute atomic E-state index is 0.187. The minimum Gasteiger partial charge on any atom is -0.387 e. The van der Waals surface area contributed by atoms with Crippen LogP contribution in [0.15, 0.2) is 42.5 Å². The van der Waals surface area contributed by atoms with Crippen molar-refractivity contribution in [3.05, 3.63) is 59.5 Å². The van der Waals surface area contributed by atoms with E-state index in [0.29, 0.717) is 24.0 Å². The largest absolute Gasteiger partial charge is 0.416 e. The van der Waals surface area contributed by atoms with Crippen LogP contribution >= 0.6 is 0 Å². The predicted molar refractivity (Wildman–Crippen MR) is 85.9 cm³/mol. The Hall–Kier alpha value is -2.41. The number of benzene rings is 2. The fourth-order valence-corrected chi connectivity index (χ4v) is 2.75. The van der Waals surface area contributed by atoms with Crippen molar-refractivity contribution < 1.29 is 22.7 Å². The van der Waals surface area contributed by atoms with Crippen LogP contribution in [0.3, 0.4) is 0 Å². The number of halogens is 4. The lowest BCUT2D eigenvalue weighted by atomic mass is 10.0. The van der Waals surface area contributed by atoms with Gasteiger partial charge in [0.2, 0.25) is 0 Å². The molecule has 0 aliphatic carbocycles. The molecule has 3 nitrogen and oxygen atoms in total. The molecule has 3 rings (SSSR count). The highest BCUT2D eigenvalue weighted by molar-refractivity contribution is 5.84. The van der Waals surface area contributed by atoms with E-state index >= 15 is 0 Å². The Morgan fingerprint density at radius 3 is 2.40 bits per heavy atom. The van der Waals surface area contributed by atoms with Gasteiger partial charge in [0, 0.05) is 5.39 Å². The number of aromatic nitrogens is 2. The lowest BCUT2D eigenvalue weighted by Crippen LogP contribution is -2.04. The van der Waals surface area contributed by atoms with Gasteiger partial charge in [0.25, 0.3) is 0 Å². The second-order valence-corrected chi connectivity index (χ2v) is 5.81. The zero-order chi connectivity index (χ0) is 18.2. The molecule has 0 bridgehead atoms. The topological polar surface area (TPSA) is 38.1 Å². The van der Waals surface area contributed by atoms with Crippen molar-refractivity contribution in [1.82, 2.24) is 9.78 Å². The first kappa shape index (κ1) is 17.4. The van der Waals surface area contributed by atoms with Crippen LogP contribution in [0.4, 0.5) is 17.6 Å². The maximum Gasteiger partial charge on any atom is 0.416 e. The van der Waals surface area contributed by atoms with Crippen LogP contribution in [0.1, 0.15) is 37.1 Å². The molecule has 0 saturated heterocycles. The summed E-state index contributed by atoms with van der Waals surface area (Å²) in [6.45, 7) is 1.86. The first-order valence-electron chi connectivity index (χ1n) is 7.85. The molecular weight excluding hydrogens is 336 g/mol. The van der Waals surface area contributed by atoms with Crippen LogP contribution in [-0.4, -0.2) is 14.9 Å². The van der Waals surface area contributed by atoms with E-state index in [9.17, 15) is 22.7 Å². The lowest BCUT2D eigenvalue weighted by molar-refractivity contribution is -0.137. The third kappa shape index (κ3) is 3.37. The van der Waals surface area contributed by atoms with Gasteiger partial charge in [-0.3, -0.25) is 0 Å². The Morgan fingerprint density at radius 1 is 1.12 bits per heavy atom. The molecule has 132 valence electrons. The number of hydrogen-bond acceptors (Lipinski definition) is 2. The number of aliphatic hydroxyl groups is 1. The molecule has 1 heterocycles. The van der Waals surface area contributed by atoms with Crippen molar-refractivity contribution in [3.63, 3.8) is 0 Å². The smallest absolute Gasteiger partial charge is 0.387 e. The quantitative estimate of drug-likeness (QED) is 0.670. The van der Waals surface area contributed by atoms with Gasteiger partial charge in [-0.25, -0.2) is 9.07 Å². The summed E-state index contributed by atoms with van der Waals surface area (Å²) in [6, 6.07) is 8.74. The predicted octanol–water partition coefficient (Wildman–Crippen LogP) is 5.02. The van der Waals surface area contributed by atoms with Crippen LogP contribution in [0.25, 0.3) is 16.6 Å². The van der Waals surface area contributed by atoms with Gasteiger partial charge >= 0.3 is 6.18 Å². The number of alkyl halides is 3. The second-order valence-electron chi connectivity index (χ2n) is 5.81. The SMILES string of the molecule is CCCC(O)c1nn(-c2ccc(F)cc2)c2ccc(C(F)(F)F)cc12. The molecule has 0 radical (unpaired) electrons. The van der Waals surface area contributed by atoms with Gasteiger partial charge in [0.15, 0.2) is 0 Å². The molecule has 3 aromatic rings. The van der Waals surface area contributed by atoms with E-state index in [1.54, 1.807) is 0 Å². The number of rotatable bonds is 4. The molecule has 1 unspecified atom stereocenters. The summed E-state index contributed by atoms with van der Waals surface area (Å²) in [7, 11) is 0. The molecule has 0 saturated carbocycles. The zero-order valence-corrected chi connectivity index (χ0v) is 13.4. The second kappa shape index (κ2) is 6.48. The van der Waals surface area contributed by atoms with Crippen molar-refractivity contribution in [2.24, 2.45) is 0 Å². The Morgan fingerprint density at radius 2 is 1.80 bits per heavy atom. The van der Waals surface area contributed by atoms with Crippen molar-refractivity contribution >= 4 is 10.9 Å². The normalized spacial score (nSPS) is 13.4. The molecule has 0 aliphatic heterocycles. The fraction of sp³-hybridized carbons (Fsp3) is 0.278. The van der Waals surface area contributed by atoms with E-state index in [1.807, 2.05) is 6.92 Å². The first-order valence-corrected chi connectivity index (χ1v) is 7.85. The Bertz CT molecular complexity index is 884. The van der Waals surface area contributed by atoms with Gasteiger partial charge < -0.3 is 5.11 Å².